The first kappa shape index (κ1) is 20.9. The van der Waals surface area contributed by atoms with E-state index in [1.54, 1.807) is 6.20 Å². The molecular weight excluding hydrogens is 404 g/mol. The van der Waals surface area contributed by atoms with Gasteiger partial charge in [-0.25, -0.2) is 4.79 Å². The maximum Gasteiger partial charge on any atom is 0.321 e. The number of likely N-dealkylation sites (tertiary alicyclic amines) is 2. The Morgan fingerprint density at radius 1 is 0.938 bits per heavy atom. The molecule has 1 N–H and O–H groups in total. The van der Waals surface area contributed by atoms with Gasteiger partial charge in [0.15, 0.2) is 0 Å². The molecule has 3 aliphatic heterocycles. The van der Waals surface area contributed by atoms with E-state index < -0.39 is 0 Å². The Balaban J connectivity index is 1.09. The van der Waals surface area contributed by atoms with Gasteiger partial charge in [-0.15, -0.1) is 0 Å². The van der Waals surface area contributed by atoms with Crippen LogP contribution in [0.2, 0.25) is 0 Å². The zero-order chi connectivity index (χ0) is 21.9. The van der Waals surface area contributed by atoms with Gasteiger partial charge in [0.05, 0.1) is 0 Å². The smallest absolute Gasteiger partial charge is 0.321 e. The number of nitrogens with zero attached hydrogens (tertiary/aromatic N) is 3. The van der Waals surface area contributed by atoms with Crippen LogP contribution in [-0.4, -0.2) is 65.6 Å². The van der Waals surface area contributed by atoms with Gasteiger partial charge in [-0.1, -0.05) is 18.2 Å². The minimum atomic E-state index is -0.222. The highest BCUT2D eigenvalue weighted by Crippen LogP contribution is 2.31. The number of urea groups is 1. The number of carbonyl (C=O) groups is 2. The summed E-state index contributed by atoms with van der Waals surface area (Å²) in [6.45, 7) is 3.72. The van der Waals surface area contributed by atoms with Gasteiger partial charge in [0.2, 0.25) is 0 Å². The van der Waals surface area contributed by atoms with Crippen molar-refractivity contribution in [2.75, 3.05) is 38.1 Å². The summed E-state index contributed by atoms with van der Waals surface area (Å²) >= 11 is 0. The van der Waals surface area contributed by atoms with Crippen LogP contribution in [0.5, 0.6) is 0 Å². The largest absolute Gasteiger partial charge is 0.368 e. The lowest BCUT2D eigenvalue weighted by molar-refractivity contribution is -0.142. The number of hydrogen-bond acceptors (Lipinski definition) is 4. The maximum atomic E-state index is 12.5. The highest BCUT2D eigenvalue weighted by molar-refractivity contribution is 5.90. The summed E-state index contributed by atoms with van der Waals surface area (Å²) in [6, 6.07) is 12.1. The molecule has 5 rings (SSSR count). The molecule has 0 unspecified atom stereocenters. The van der Waals surface area contributed by atoms with Gasteiger partial charge in [-0.3, -0.25) is 9.78 Å². The third-order valence-electron chi connectivity index (χ3n) is 6.97. The summed E-state index contributed by atoms with van der Waals surface area (Å²) in [5.74, 6) is 0.981. The van der Waals surface area contributed by atoms with E-state index in [0.29, 0.717) is 18.4 Å². The Hall–Kier alpha value is -2.93. The molecule has 7 nitrogen and oxygen atoms in total. The Morgan fingerprint density at radius 3 is 2.38 bits per heavy atom. The number of anilines is 1. The molecule has 1 atom stereocenters. The van der Waals surface area contributed by atoms with E-state index >= 15 is 0 Å². The fourth-order valence-corrected chi connectivity index (χ4v) is 4.92. The molecule has 32 heavy (non-hydrogen) atoms. The number of carbonyl (C=O) groups excluding carboxylic acids is 2. The van der Waals surface area contributed by atoms with Crippen molar-refractivity contribution in [1.29, 1.82) is 0 Å². The van der Waals surface area contributed by atoms with Crippen LogP contribution in [0.4, 0.5) is 10.5 Å². The van der Waals surface area contributed by atoms with Crippen molar-refractivity contribution in [2.24, 2.45) is 0 Å². The normalized spacial score (nSPS) is 21.9. The predicted molar refractivity (Wildman–Crippen MR) is 122 cm³/mol. The van der Waals surface area contributed by atoms with Crippen LogP contribution in [0.15, 0.2) is 48.8 Å². The SMILES string of the molecule is O=C(Nc1ccc(C2CCN(C(=O)[C@H]3CCCO3)CC2)cc1)N1CC(c2cccnc2)C1. The van der Waals surface area contributed by atoms with E-state index in [-0.39, 0.29) is 18.0 Å². The lowest BCUT2D eigenvalue weighted by Gasteiger charge is -2.39. The van der Waals surface area contributed by atoms with Gasteiger partial charge in [0.1, 0.15) is 6.10 Å². The van der Waals surface area contributed by atoms with Gasteiger partial charge < -0.3 is 19.9 Å². The highest BCUT2D eigenvalue weighted by atomic mass is 16.5. The summed E-state index contributed by atoms with van der Waals surface area (Å²) in [5.41, 5.74) is 3.27. The molecule has 7 heteroatoms. The number of benzene rings is 1. The van der Waals surface area contributed by atoms with Crippen LogP contribution in [-0.2, 0) is 9.53 Å². The van der Waals surface area contributed by atoms with Crippen molar-refractivity contribution >= 4 is 17.6 Å². The van der Waals surface area contributed by atoms with Crippen LogP contribution in [0.3, 0.4) is 0 Å². The topological polar surface area (TPSA) is 74.8 Å². The number of piperidine rings is 1. The highest BCUT2D eigenvalue weighted by Gasteiger charge is 2.32. The maximum absolute atomic E-state index is 12.5. The molecule has 0 radical (unpaired) electrons. The van der Waals surface area contributed by atoms with Gasteiger partial charge in [-0.05, 0) is 60.9 Å². The molecule has 1 aromatic heterocycles. The fraction of sp³-hybridized carbons (Fsp3) is 0.480. The van der Waals surface area contributed by atoms with Crippen molar-refractivity contribution in [1.82, 2.24) is 14.8 Å². The monoisotopic (exact) mass is 434 g/mol. The second kappa shape index (κ2) is 9.28. The first-order valence-corrected chi connectivity index (χ1v) is 11.6. The number of nitrogens with one attached hydrogen (secondary N) is 1. The first-order chi connectivity index (χ1) is 15.7. The van der Waals surface area contributed by atoms with Crippen molar-refractivity contribution in [3.63, 3.8) is 0 Å². The molecule has 2 aromatic rings. The number of pyridine rings is 1. The van der Waals surface area contributed by atoms with Crippen LogP contribution in [0.25, 0.3) is 0 Å². The molecule has 168 valence electrons. The van der Waals surface area contributed by atoms with E-state index in [9.17, 15) is 9.59 Å². The Labute approximate surface area is 188 Å². The van der Waals surface area contributed by atoms with Crippen molar-refractivity contribution in [3.8, 4) is 0 Å². The van der Waals surface area contributed by atoms with Gasteiger partial charge >= 0.3 is 6.03 Å². The first-order valence-electron chi connectivity index (χ1n) is 11.6. The van der Waals surface area contributed by atoms with E-state index in [0.717, 1.165) is 57.5 Å². The summed E-state index contributed by atoms with van der Waals surface area (Å²) in [5, 5.41) is 3.00. The van der Waals surface area contributed by atoms with Crippen molar-refractivity contribution in [2.45, 2.75) is 43.6 Å². The van der Waals surface area contributed by atoms with Crippen LogP contribution >= 0.6 is 0 Å². The second-order valence-corrected chi connectivity index (χ2v) is 9.04. The number of aromatic nitrogens is 1. The molecule has 3 aliphatic rings. The van der Waals surface area contributed by atoms with E-state index in [2.05, 4.69) is 28.5 Å². The molecule has 0 aliphatic carbocycles. The average molecular weight is 435 g/mol. The van der Waals surface area contributed by atoms with Crippen LogP contribution in [0, 0.1) is 0 Å². The quantitative estimate of drug-likeness (QED) is 0.798. The Morgan fingerprint density at radius 2 is 1.72 bits per heavy atom. The molecule has 0 bridgehead atoms. The lowest BCUT2D eigenvalue weighted by atomic mass is 9.89. The fourth-order valence-electron chi connectivity index (χ4n) is 4.92. The van der Waals surface area contributed by atoms with Crippen LogP contribution in [0.1, 0.15) is 48.6 Å². The summed E-state index contributed by atoms with van der Waals surface area (Å²) < 4.78 is 5.55. The number of hydrogen-bond donors (Lipinski definition) is 1. The van der Waals surface area contributed by atoms with Crippen molar-refractivity contribution in [3.05, 3.63) is 59.9 Å². The molecule has 0 spiro atoms. The number of rotatable bonds is 4. The summed E-state index contributed by atoms with van der Waals surface area (Å²) in [4.78, 5) is 33.0. The third kappa shape index (κ3) is 4.48. The van der Waals surface area contributed by atoms with Crippen molar-refractivity contribution < 1.29 is 14.3 Å². The summed E-state index contributed by atoms with van der Waals surface area (Å²) in [7, 11) is 0. The zero-order valence-corrected chi connectivity index (χ0v) is 18.3. The molecule has 4 heterocycles. The number of amides is 3. The minimum Gasteiger partial charge on any atom is -0.368 e. The zero-order valence-electron chi connectivity index (χ0n) is 18.3. The van der Waals surface area contributed by atoms with Gasteiger partial charge in [0.25, 0.3) is 5.91 Å². The molecule has 3 amide bonds. The van der Waals surface area contributed by atoms with E-state index in [1.807, 2.05) is 34.2 Å². The number of ether oxygens (including phenoxy) is 1. The Bertz CT molecular complexity index is 929. The average Bonchev–Trinajstić information content (AvgIpc) is 3.34. The molecule has 1 aromatic carbocycles. The van der Waals surface area contributed by atoms with E-state index in [1.165, 1.54) is 11.1 Å². The Kier molecular flexibility index (Phi) is 6.08. The molecule has 3 saturated heterocycles. The molecule has 3 fully saturated rings. The van der Waals surface area contributed by atoms with E-state index in [4.69, 9.17) is 4.74 Å². The predicted octanol–water partition coefficient (Wildman–Crippen LogP) is 3.60. The standard InChI is InChI=1S/C25H30N4O3/c30-24(23-4-2-14-32-23)28-12-9-19(10-13-28)18-5-7-22(8-6-18)27-25(31)29-16-21(17-29)20-3-1-11-26-15-20/h1,3,5-8,11,15,19,21,23H,2,4,9-10,12-14,16-17H2,(H,27,31)/t23-/m1/s1. The van der Waals surface area contributed by atoms with Gasteiger partial charge in [-0.2, -0.15) is 0 Å². The second-order valence-electron chi connectivity index (χ2n) is 9.04. The lowest BCUT2D eigenvalue weighted by Crippen LogP contribution is -2.50. The molecule has 0 saturated carbocycles. The third-order valence-corrected chi connectivity index (χ3v) is 6.97. The van der Waals surface area contributed by atoms with Gasteiger partial charge in [0, 0.05) is 56.8 Å². The van der Waals surface area contributed by atoms with Crippen LogP contribution < -0.4 is 5.32 Å². The minimum absolute atomic E-state index is 0.0566. The summed E-state index contributed by atoms with van der Waals surface area (Å²) in [6.07, 6.45) is 7.19. The molecular formula is C25H30N4O3.